The van der Waals surface area contributed by atoms with Crippen LogP contribution < -0.4 is 10.6 Å². The standard InChI is InChI=1S/C13H21N3O4/c17-11-9(5-4-7-14-11)15-13(20)16-8-3-1-2-6-10(16)12(18)19/h9-10H,1-8H2,(H,14,17)(H,15,20)(H,18,19). The highest BCUT2D eigenvalue weighted by Crippen LogP contribution is 2.17. The molecule has 0 aromatic carbocycles. The number of nitrogens with one attached hydrogen (secondary N) is 2. The van der Waals surface area contributed by atoms with Crippen molar-refractivity contribution in [2.24, 2.45) is 0 Å². The van der Waals surface area contributed by atoms with Crippen LogP contribution in [0.2, 0.25) is 0 Å². The third kappa shape index (κ3) is 3.40. The van der Waals surface area contributed by atoms with E-state index in [-0.39, 0.29) is 5.91 Å². The number of piperidine rings is 1. The molecule has 3 N–H and O–H groups in total. The number of carboxylic acids is 1. The lowest BCUT2D eigenvalue weighted by atomic mass is 10.1. The van der Waals surface area contributed by atoms with Crippen molar-refractivity contribution in [3.8, 4) is 0 Å². The molecule has 112 valence electrons. The van der Waals surface area contributed by atoms with Gasteiger partial charge in [-0.15, -0.1) is 0 Å². The van der Waals surface area contributed by atoms with Crippen LogP contribution in [-0.4, -0.2) is 53.1 Å². The summed E-state index contributed by atoms with van der Waals surface area (Å²) in [5, 5.41) is 14.6. The Morgan fingerprint density at radius 3 is 2.70 bits per heavy atom. The number of carboxylic acid groups (broad SMARTS) is 1. The van der Waals surface area contributed by atoms with Gasteiger partial charge in [-0.2, -0.15) is 0 Å². The Labute approximate surface area is 117 Å². The number of rotatable bonds is 2. The molecule has 0 aromatic rings. The molecular weight excluding hydrogens is 262 g/mol. The van der Waals surface area contributed by atoms with E-state index in [1.807, 2.05) is 0 Å². The van der Waals surface area contributed by atoms with E-state index in [0.717, 1.165) is 25.7 Å². The minimum absolute atomic E-state index is 0.189. The van der Waals surface area contributed by atoms with Crippen LogP contribution in [0, 0.1) is 0 Å². The molecule has 2 atom stereocenters. The van der Waals surface area contributed by atoms with Crippen LogP contribution >= 0.6 is 0 Å². The van der Waals surface area contributed by atoms with Gasteiger partial charge in [0.15, 0.2) is 0 Å². The quantitative estimate of drug-likeness (QED) is 0.679. The normalized spacial score (nSPS) is 27.4. The van der Waals surface area contributed by atoms with Crippen molar-refractivity contribution in [1.29, 1.82) is 0 Å². The van der Waals surface area contributed by atoms with Crippen molar-refractivity contribution in [2.75, 3.05) is 13.1 Å². The second-order valence-electron chi connectivity index (χ2n) is 5.33. The average Bonchev–Trinajstić information content (AvgIpc) is 2.67. The Morgan fingerprint density at radius 1 is 1.20 bits per heavy atom. The number of hydrogen-bond acceptors (Lipinski definition) is 3. The SMILES string of the molecule is O=C1NCCCC1NC(=O)N1CCCCCC1C(=O)O. The molecule has 2 aliphatic rings. The molecule has 2 saturated heterocycles. The molecule has 0 saturated carbocycles. The summed E-state index contributed by atoms with van der Waals surface area (Å²) in [5.74, 6) is -1.17. The van der Waals surface area contributed by atoms with E-state index in [2.05, 4.69) is 10.6 Å². The highest BCUT2D eigenvalue weighted by molar-refractivity contribution is 5.89. The molecule has 0 bridgehead atoms. The predicted molar refractivity (Wildman–Crippen MR) is 71.2 cm³/mol. The molecular formula is C13H21N3O4. The summed E-state index contributed by atoms with van der Waals surface area (Å²) in [4.78, 5) is 36.5. The van der Waals surface area contributed by atoms with E-state index in [0.29, 0.717) is 25.9 Å². The summed E-state index contributed by atoms with van der Waals surface area (Å²) >= 11 is 0. The highest BCUT2D eigenvalue weighted by Gasteiger charge is 2.33. The van der Waals surface area contributed by atoms with Gasteiger partial charge in [0.05, 0.1) is 0 Å². The van der Waals surface area contributed by atoms with E-state index < -0.39 is 24.1 Å². The number of hydrogen-bond donors (Lipinski definition) is 3. The molecule has 7 nitrogen and oxygen atoms in total. The number of carbonyl (C=O) groups excluding carboxylic acids is 2. The second-order valence-corrected chi connectivity index (χ2v) is 5.33. The molecule has 3 amide bonds. The fourth-order valence-corrected chi connectivity index (χ4v) is 2.75. The van der Waals surface area contributed by atoms with E-state index >= 15 is 0 Å². The highest BCUT2D eigenvalue weighted by atomic mass is 16.4. The van der Waals surface area contributed by atoms with E-state index in [1.54, 1.807) is 0 Å². The van der Waals surface area contributed by atoms with Crippen LogP contribution in [-0.2, 0) is 9.59 Å². The second kappa shape index (κ2) is 6.58. The summed E-state index contributed by atoms with van der Waals surface area (Å²) in [6.07, 6.45) is 4.43. The Morgan fingerprint density at radius 2 is 2.00 bits per heavy atom. The smallest absolute Gasteiger partial charge is 0.326 e. The Hall–Kier alpha value is -1.79. The number of aliphatic carboxylic acids is 1. The van der Waals surface area contributed by atoms with Crippen LogP contribution in [0.1, 0.15) is 38.5 Å². The van der Waals surface area contributed by atoms with E-state index in [4.69, 9.17) is 0 Å². The van der Waals surface area contributed by atoms with E-state index in [1.165, 1.54) is 4.90 Å². The van der Waals surface area contributed by atoms with Gasteiger partial charge in [0, 0.05) is 13.1 Å². The molecule has 7 heteroatoms. The topological polar surface area (TPSA) is 98.7 Å². The van der Waals surface area contributed by atoms with Crippen molar-refractivity contribution < 1.29 is 19.5 Å². The van der Waals surface area contributed by atoms with Crippen molar-refractivity contribution in [3.63, 3.8) is 0 Å². The summed E-state index contributed by atoms with van der Waals surface area (Å²) in [5.41, 5.74) is 0. The summed E-state index contributed by atoms with van der Waals surface area (Å²) < 4.78 is 0. The van der Waals surface area contributed by atoms with Gasteiger partial charge in [-0.1, -0.05) is 12.8 Å². The fourth-order valence-electron chi connectivity index (χ4n) is 2.75. The average molecular weight is 283 g/mol. The molecule has 0 radical (unpaired) electrons. The third-order valence-corrected chi connectivity index (χ3v) is 3.88. The molecule has 2 fully saturated rings. The fraction of sp³-hybridized carbons (Fsp3) is 0.769. The maximum Gasteiger partial charge on any atom is 0.326 e. The van der Waals surface area contributed by atoms with Gasteiger partial charge in [-0.25, -0.2) is 9.59 Å². The van der Waals surface area contributed by atoms with Gasteiger partial charge >= 0.3 is 12.0 Å². The first-order valence-electron chi connectivity index (χ1n) is 7.17. The number of carbonyl (C=O) groups is 3. The maximum atomic E-state index is 12.3. The van der Waals surface area contributed by atoms with Gasteiger partial charge in [0.25, 0.3) is 0 Å². The van der Waals surface area contributed by atoms with Crippen molar-refractivity contribution in [2.45, 2.75) is 50.6 Å². The molecule has 2 rings (SSSR count). The zero-order valence-electron chi connectivity index (χ0n) is 11.4. The lowest BCUT2D eigenvalue weighted by Gasteiger charge is -2.30. The van der Waals surface area contributed by atoms with Crippen LogP contribution in [0.5, 0.6) is 0 Å². The van der Waals surface area contributed by atoms with Gasteiger partial charge in [0.2, 0.25) is 5.91 Å². The van der Waals surface area contributed by atoms with Crippen molar-refractivity contribution >= 4 is 17.9 Å². The minimum atomic E-state index is -0.977. The van der Waals surface area contributed by atoms with Crippen LogP contribution in [0.15, 0.2) is 0 Å². The van der Waals surface area contributed by atoms with E-state index in [9.17, 15) is 19.5 Å². The van der Waals surface area contributed by atoms with Crippen LogP contribution in [0.4, 0.5) is 4.79 Å². The predicted octanol–water partition coefficient (Wildman–Crippen LogP) is 0.304. The largest absolute Gasteiger partial charge is 0.480 e. The first kappa shape index (κ1) is 14.6. The number of likely N-dealkylation sites (tertiary alicyclic amines) is 1. The molecule has 0 spiro atoms. The lowest BCUT2D eigenvalue weighted by molar-refractivity contribution is -0.142. The molecule has 0 aromatic heterocycles. The number of amides is 3. The molecule has 2 unspecified atom stereocenters. The Kier molecular flexibility index (Phi) is 4.81. The summed E-state index contributed by atoms with van der Waals surface area (Å²) in [6, 6.07) is -1.78. The molecule has 2 heterocycles. The van der Waals surface area contributed by atoms with Crippen LogP contribution in [0.25, 0.3) is 0 Å². The molecule has 2 aliphatic heterocycles. The Bertz CT molecular complexity index is 399. The van der Waals surface area contributed by atoms with Crippen LogP contribution in [0.3, 0.4) is 0 Å². The van der Waals surface area contributed by atoms with Gasteiger partial charge < -0.3 is 20.6 Å². The van der Waals surface area contributed by atoms with Gasteiger partial charge in [-0.05, 0) is 25.7 Å². The first-order valence-corrected chi connectivity index (χ1v) is 7.17. The molecule has 0 aliphatic carbocycles. The van der Waals surface area contributed by atoms with Crippen molar-refractivity contribution in [3.05, 3.63) is 0 Å². The maximum absolute atomic E-state index is 12.3. The van der Waals surface area contributed by atoms with Crippen molar-refractivity contribution in [1.82, 2.24) is 15.5 Å². The van der Waals surface area contributed by atoms with Gasteiger partial charge in [0.1, 0.15) is 12.1 Å². The Balaban J connectivity index is 2.01. The first-order chi connectivity index (χ1) is 9.59. The lowest BCUT2D eigenvalue weighted by Crippen LogP contribution is -2.56. The zero-order valence-corrected chi connectivity index (χ0v) is 11.4. The summed E-state index contributed by atoms with van der Waals surface area (Å²) in [6.45, 7) is 1.06. The number of urea groups is 1. The third-order valence-electron chi connectivity index (χ3n) is 3.88. The molecule has 20 heavy (non-hydrogen) atoms. The summed E-state index contributed by atoms with van der Waals surface area (Å²) in [7, 11) is 0. The zero-order chi connectivity index (χ0) is 14.5. The monoisotopic (exact) mass is 283 g/mol. The van der Waals surface area contributed by atoms with Gasteiger partial charge in [-0.3, -0.25) is 4.79 Å². The number of nitrogens with zero attached hydrogens (tertiary/aromatic N) is 1. The minimum Gasteiger partial charge on any atom is -0.480 e.